The number of rotatable bonds is 6. The molecule has 0 fully saturated rings. The Labute approximate surface area is 100 Å². The second-order valence-electron chi connectivity index (χ2n) is 4.72. The molecule has 0 aliphatic rings. The van der Waals surface area contributed by atoms with Crippen molar-refractivity contribution in [2.75, 3.05) is 7.11 Å². The van der Waals surface area contributed by atoms with Crippen LogP contribution in [0.1, 0.15) is 33.6 Å². The summed E-state index contributed by atoms with van der Waals surface area (Å²) in [6, 6.07) is -0.729. The minimum atomic E-state index is -0.955. The lowest BCUT2D eigenvalue weighted by Gasteiger charge is -2.22. The highest BCUT2D eigenvalue weighted by molar-refractivity contribution is 5.84. The van der Waals surface area contributed by atoms with Crippen LogP contribution in [0, 0.1) is 5.41 Å². The molecule has 0 spiro atoms. The minimum absolute atomic E-state index is 0.0423. The Morgan fingerprint density at radius 1 is 1.29 bits per heavy atom. The van der Waals surface area contributed by atoms with Crippen molar-refractivity contribution in [3.63, 3.8) is 0 Å². The summed E-state index contributed by atoms with van der Waals surface area (Å²) in [5.74, 6) is -1.85. The molecule has 17 heavy (non-hydrogen) atoms. The van der Waals surface area contributed by atoms with Crippen molar-refractivity contribution < 1.29 is 24.2 Å². The van der Waals surface area contributed by atoms with Crippen molar-refractivity contribution in [3.05, 3.63) is 0 Å². The van der Waals surface area contributed by atoms with Gasteiger partial charge in [0.25, 0.3) is 0 Å². The van der Waals surface area contributed by atoms with Crippen molar-refractivity contribution >= 4 is 17.8 Å². The third-order valence-electron chi connectivity index (χ3n) is 2.20. The van der Waals surface area contributed by atoms with Gasteiger partial charge in [0.05, 0.1) is 13.5 Å². The molecule has 0 saturated heterocycles. The van der Waals surface area contributed by atoms with Crippen LogP contribution in [0.4, 0.5) is 0 Å². The number of methoxy groups -OCH3 is 1. The van der Waals surface area contributed by atoms with E-state index in [1.54, 1.807) is 13.8 Å². The first-order valence-electron chi connectivity index (χ1n) is 5.27. The number of nitrogens with one attached hydrogen (secondary N) is 1. The first kappa shape index (κ1) is 15.4. The van der Waals surface area contributed by atoms with Crippen molar-refractivity contribution in [2.24, 2.45) is 5.41 Å². The van der Waals surface area contributed by atoms with E-state index >= 15 is 0 Å². The predicted octanol–water partition coefficient (Wildman–Crippen LogP) is 0.555. The molecule has 1 amide bonds. The van der Waals surface area contributed by atoms with Gasteiger partial charge in [-0.3, -0.25) is 9.59 Å². The summed E-state index contributed by atoms with van der Waals surface area (Å²) in [4.78, 5) is 33.2. The number of carbonyl (C=O) groups is 3. The number of hydrogen-bond acceptors (Lipinski definition) is 4. The Morgan fingerprint density at radius 2 is 1.82 bits per heavy atom. The summed E-state index contributed by atoms with van der Waals surface area (Å²) in [5, 5.41) is 11.1. The molecule has 98 valence electrons. The quantitative estimate of drug-likeness (QED) is 0.667. The number of carboxylic acids is 1. The lowest BCUT2D eigenvalue weighted by Crippen LogP contribution is -2.41. The standard InChI is InChI=1S/C11H19NO5/c1-7(10(16)17-4)12-8(13)5-11(2,3)6-9(14)15/h7H,5-6H2,1-4H3,(H,12,13)(H,14,15). The molecule has 0 aromatic heterocycles. The fraction of sp³-hybridized carbons (Fsp3) is 0.727. The van der Waals surface area contributed by atoms with Crippen LogP contribution in [-0.4, -0.2) is 36.1 Å². The van der Waals surface area contributed by atoms with E-state index in [0.717, 1.165) is 0 Å². The second kappa shape index (κ2) is 6.22. The first-order chi connectivity index (χ1) is 7.68. The van der Waals surface area contributed by atoms with E-state index in [2.05, 4.69) is 10.1 Å². The Hall–Kier alpha value is -1.59. The third kappa shape index (κ3) is 6.55. The van der Waals surface area contributed by atoms with Gasteiger partial charge in [0.1, 0.15) is 6.04 Å². The lowest BCUT2D eigenvalue weighted by atomic mass is 9.85. The van der Waals surface area contributed by atoms with Crippen molar-refractivity contribution in [2.45, 2.75) is 39.7 Å². The van der Waals surface area contributed by atoms with E-state index in [9.17, 15) is 14.4 Å². The van der Waals surface area contributed by atoms with Crippen molar-refractivity contribution in [3.8, 4) is 0 Å². The van der Waals surface area contributed by atoms with Gasteiger partial charge in [0.2, 0.25) is 5.91 Å². The topological polar surface area (TPSA) is 92.7 Å². The number of carbonyl (C=O) groups excluding carboxylic acids is 2. The molecule has 0 aliphatic carbocycles. The van der Waals surface area contributed by atoms with Gasteiger partial charge in [-0.15, -0.1) is 0 Å². The molecule has 0 rings (SSSR count). The Morgan fingerprint density at radius 3 is 2.24 bits per heavy atom. The summed E-state index contributed by atoms with van der Waals surface area (Å²) < 4.78 is 4.46. The Kier molecular flexibility index (Phi) is 5.64. The summed E-state index contributed by atoms with van der Waals surface area (Å²) in [5.41, 5.74) is -0.647. The molecule has 1 atom stereocenters. The highest BCUT2D eigenvalue weighted by Crippen LogP contribution is 2.24. The first-order valence-corrected chi connectivity index (χ1v) is 5.27. The van der Waals surface area contributed by atoms with Crippen LogP contribution in [0.2, 0.25) is 0 Å². The van der Waals surface area contributed by atoms with Crippen LogP contribution in [0.15, 0.2) is 0 Å². The number of carboxylic acid groups (broad SMARTS) is 1. The van der Waals surface area contributed by atoms with Crippen molar-refractivity contribution in [1.29, 1.82) is 0 Å². The van der Waals surface area contributed by atoms with Crippen LogP contribution < -0.4 is 5.32 Å². The van der Waals surface area contributed by atoms with Crippen LogP contribution in [-0.2, 0) is 19.1 Å². The maximum Gasteiger partial charge on any atom is 0.328 e. The minimum Gasteiger partial charge on any atom is -0.481 e. The average molecular weight is 245 g/mol. The summed E-state index contributed by atoms with van der Waals surface area (Å²) in [6.07, 6.45) is -0.0618. The van der Waals surface area contributed by atoms with Crippen LogP contribution >= 0.6 is 0 Å². The maximum atomic E-state index is 11.6. The molecule has 2 N–H and O–H groups in total. The second-order valence-corrected chi connectivity index (χ2v) is 4.72. The van der Waals surface area contributed by atoms with Crippen molar-refractivity contribution in [1.82, 2.24) is 5.32 Å². The highest BCUT2D eigenvalue weighted by Gasteiger charge is 2.26. The number of hydrogen-bond donors (Lipinski definition) is 2. The largest absolute Gasteiger partial charge is 0.481 e. The van der Waals surface area contributed by atoms with Gasteiger partial charge in [-0.2, -0.15) is 0 Å². The molecule has 0 aromatic rings. The van der Waals surface area contributed by atoms with E-state index in [4.69, 9.17) is 5.11 Å². The molecule has 0 saturated carbocycles. The number of aliphatic carboxylic acids is 1. The SMILES string of the molecule is COC(=O)C(C)NC(=O)CC(C)(C)CC(=O)O. The number of esters is 1. The van der Waals surface area contributed by atoms with Gasteiger partial charge in [0, 0.05) is 6.42 Å². The molecule has 6 nitrogen and oxygen atoms in total. The number of ether oxygens (including phenoxy) is 1. The van der Waals surface area contributed by atoms with E-state index < -0.39 is 23.4 Å². The Bertz CT molecular complexity index is 311. The molecule has 0 bridgehead atoms. The van der Waals surface area contributed by atoms with E-state index in [1.165, 1.54) is 14.0 Å². The summed E-state index contributed by atoms with van der Waals surface area (Å²) >= 11 is 0. The normalized spacial score (nSPS) is 12.7. The zero-order chi connectivity index (χ0) is 13.6. The molecule has 6 heteroatoms. The summed E-state index contributed by atoms with van der Waals surface area (Å²) in [6.45, 7) is 4.88. The van der Waals surface area contributed by atoms with Gasteiger partial charge in [0.15, 0.2) is 0 Å². The average Bonchev–Trinajstić information content (AvgIpc) is 2.12. The molecule has 1 unspecified atom stereocenters. The number of amides is 1. The molecule has 0 radical (unpaired) electrons. The zero-order valence-electron chi connectivity index (χ0n) is 10.6. The zero-order valence-corrected chi connectivity index (χ0v) is 10.6. The van der Waals surface area contributed by atoms with Gasteiger partial charge >= 0.3 is 11.9 Å². The molecule has 0 heterocycles. The Balaban J connectivity index is 4.26. The fourth-order valence-electron chi connectivity index (χ4n) is 1.43. The maximum absolute atomic E-state index is 11.6. The smallest absolute Gasteiger partial charge is 0.328 e. The highest BCUT2D eigenvalue weighted by atomic mass is 16.5. The monoisotopic (exact) mass is 245 g/mol. The van der Waals surface area contributed by atoms with E-state index in [0.29, 0.717) is 0 Å². The van der Waals surface area contributed by atoms with Crippen LogP contribution in [0.25, 0.3) is 0 Å². The predicted molar refractivity (Wildman–Crippen MR) is 60.3 cm³/mol. The molecular formula is C11H19NO5. The van der Waals surface area contributed by atoms with Crippen LogP contribution in [0.3, 0.4) is 0 Å². The van der Waals surface area contributed by atoms with Gasteiger partial charge in [-0.25, -0.2) is 4.79 Å². The van der Waals surface area contributed by atoms with Gasteiger partial charge in [-0.05, 0) is 12.3 Å². The van der Waals surface area contributed by atoms with Gasteiger partial charge < -0.3 is 15.2 Å². The molecular weight excluding hydrogens is 226 g/mol. The summed E-state index contributed by atoms with van der Waals surface area (Å²) in [7, 11) is 1.24. The van der Waals surface area contributed by atoms with Crippen LogP contribution in [0.5, 0.6) is 0 Å². The van der Waals surface area contributed by atoms with E-state index in [1.807, 2.05) is 0 Å². The molecule has 0 aromatic carbocycles. The third-order valence-corrected chi connectivity index (χ3v) is 2.20. The fourth-order valence-corrected chi connectivity index (χ4v) is 1.43. The van der Waals surface area contributed by atoms with E-state index in [-0.39, 0.29) is 18.7 Å². The molecule has 0 aliphatic heterocycles. The lowest BCUT2D eigenvalue weighted by molar-refractivity contribution is -0.145. The van der Waals surface area contributed by atoms with Gasteiger partial charge in [-0.1, -0.05) is 13.8 Å².